The molecule has 0 aromatic carbocycles. The van der Waals surface area contributed by atoms with Crippen LogP contribution in [-0.4, -0.2) is 30.2 Å². The molecule has 0 fully saturated rings. The highest BCUT2D eigenvalue weighted by Gasteiger charge is 2.28. The standard InChI is InChI=1S/C11H23N3O2/c1-7(2)9(14)11(16)10(15)8(13)5-3-4-6-12/h7-9H,3-6,12-14H2,1-2H3/t8-,9-/m0/s1. The molecule has 5 heteroatoms. The van der Waals surface area contributed by atoms with Crippen molar-refractivity contribution < 1.29 is 9.59 Å². The summed E-state index contributed by atoms with van der Waals surface area (Å²) in [5.74, 6) is -1.17. The SMILES string of the molecule is CC(C)[C@H](N)C(=O)C(=O)[C@@H](N)CCCCN. The summed E-state index contributed by atoms with van der Waals surface area (Å²) in [6, 6.07) is -1.48. The highest BCUT2D eigenvalue weighted by atomic mass is 16.2. The van der Waals surface area contributed by atoms with E-state index in [9.17, 15) is 9.59 Å². The van der Waals surface area contributed by atoms with Crippen LogP contribution in [0.1, 0.15) is 33.1 Å². The Morgan fingerprint density at radius 1 is 1.06 bits per heavy atom. The lowest BCUT2D eigenvalue weighted by atomic mass is 9.94. The van der Waals surface area contributed by atoms with Gasteiger partial charge in [0.2, 0.25) is 11.6 Å². The predicted molar refractivity (Wildman–Crippen MR) is 63.7 cm³/mol. The van der Waals surface area contributed by atoms with Gasteiger partial charge in [0.05, 0.1) is 12.1 Å². The quantitative estimate of drug-likeness (QED) is 0.386. The van der Waals surface area contributed by atoms with Crippen LogP contribution in [0, 0.1) is 5.92 Å². The van der Waals surface area contributed by atoms with E-state index in [1.165, 1.54) is 0 Å². The van der Waals surface area contributed by atoms with E-state index in [-0.39, 0.29) is 5.92 Å². The first-order chi connectivity index (χ1) is 7.41. The van der Waals surface area contributed by atoms with E-state index < -0.39 is 23.7 Å². The molecule has 6 N–H and O–H groups in total. The van der Waals surface area contributed by atoms with Crippen molar-refractivity contribution in [1.29, 1.82) is 0 Å². The average Bonchev–Trinajstić information content (AvgIpc) is 2.26. The summed E-state index contributed by atoms with van der Waals surface area (Å²) in [4.78, 5) is 23.2. The number of rotatable bonds is 8. The molecular formula is C11H23N3O2. The van der Waals surface area contributed by atoms with Gasteiger partial charge in [-0.3, -0.25) is 9.59 Å². The van der Waals surface area contributed by atoms with E-state index in [0.29, 0.717) is 13.0 Å². The minimum Gasteiger partial charge on any atom is -0.330 e. The Morgan fingerprint density at radius 2 is 1.62 bits per heavy atom. The third-order valence-electron chi connectivity index (χ3n) is 2.57. The van der Waals surface area contributed by atoms with Crippen LogP contribution in [-0.2, 0) is 9.59 Å². The summed E-state index contributed by atoms with van der Waals surface area (Å²) >= 11 is 0. The fourth-order valence-corrected chi connectivity index (χ4v) is 1.29. The molecule has 0 saturated carbocycles. The Kier molecular flexibility index (Phi) is 7.12. The average molecular weight is 229 g/mol. The molecule has 0 saturated heterocycles. The lowest BCUT2D eigenvalue weighted by Crippen LogP contribution is -2.46. The topological polar surface area (TPSA) is 112 Å². The first kappa shape index (κ1) is 15.2. The number of nitrogens with two attached hydrogens (primary N) is 3. The van der Waals surface area contributed by atoms with Crippen LogP contribution in [0.15, 0.2) is 0 Å². The van der Waals surface area contributed by atoms with Crippen LogP contribution in [0.4, 0.5) is 0 Å². The molecule has 5 nitrogen and oxygen atoms in total. The van der Waals surface area contributed by atoms with Crippen molar-refractivity contribution >= 4 is 11.6 Å². The van der Waals surface area contributed by atoms with Gasteiger partial charge in [-0.05, 0) is 25.3 Å². The molecule has 94 valence electrons. The molecule has 0 aliphatic carbocycles. The molecule has 0 spiro atoms. The second kappa shape index (κ2) is 7.49. The molecule has 0 radical (unpaired) electrons. The van der Waals surface area contributed by atoms with Crippen LogP contribution in [0.3, 0.4) is 0 Å². The van der Waals surface area contributed by atoms with E-state index in [1.807, 2.05) is 0 Å². The summed E-state index contributed by atoms with van der Waals surface area (Å²) in [6.45, 7) is 4.17. The largest absolute Gasteiger partial charge is 0.330 e. The van der Waals surface area contributed by atoms with Crippen LogP contribution in [0.2, 0.25) is 0 Å². The number of ketones is 2. The Labute approximate surface area is 96.7 Å². The molecular weight excluding hydrogens is 206 g/mol. The van der Waals surface area contributed by atoms with E-state index in [4.69, 9.17) is 17.2 Å². The van der Waals surface area contributed by atoms with Gasteiger partial charge in [0, 0.05) is 0 Å². The molecule has 16 heavy (non-hydrogen) atoms. The fourth-order valence-electron chi connectivity index (χ4n) is 1.29. The van der Waals surface area contributed by atoms with Crippen molar-refractivity contribution in [2.75, 3.05) is 6.54 Å². The maximum absolute atomic E-state index is 11.6. The number of hydrogen-bond acceptors (Lipinski definition) is 5. The zero-order valence-electron chi connectivity index (χ0n) is 10.1. The highest BCUT2D eigenvalue weighted by molar-refractivity contribution is 6.40. The zero-order valence-corrected chi connectivity index (χ0v) is 10.1. The zero-order chi connectivity index (χ0) is 12.7. The first-order valence-corrected chi connectivity index (χ1v) is 5.71. The highest BCUT2D eigenvalue weighted by Crippen LogP contribution is 2.05. The first-order valence-electron chi connectivity index (χ1n) is 5.71. The summed E-state index contributed by atoms with van der Waals surface area (Å²) in [7, 11) is 0. The van der Waals surface area contributed by atoms with Crippen LogP contribution < -0.4 is 17.2 Å². The van der Waals surface area contributed by atoms with Crippen LogP contribution in [0.25, 0.3) is 0 Å². The second-order valence-corrected chi connectivity index (χ2v) is 4.39. The van der Waals surface area contributed by atoms with Gasteiger partial charge in [-0.2, -0.15) is 0 Å². The Hall–Kier alpha value is -0.780. The molecule has 0 rings (SSSR count). The maximum Gasteiger partial charge on any atom is 0.216 e. The third-order valence-corrected chi connectivity index (χ3v) is 2.57. The third kappa shape index (κ3) is 4.83. The van der Waals surface area contributed by atoms with E-state index in [0.717, 1.165) is 12.8 Å². The molecule has 0 aliphatic heterocycles. The number of Topliss-reactive ketones (excluding diaryl/α,β-unsaturated/α-hetero) is 2. The van der Waals surface area contributed by atoms with Gasteiger partial charge in [-0.1, -0.05) is 20.3 Å². The lowest BCUT2D eigenvalue weighted by Gasteiger charge is -2.16. The molecule has 0 aromatic heterocycles. The second-order valence-electron chi connectivity index (χ2n) is 4.39. The Morgan fingerprint density at radius 3 is 2.06 bits per heavy atom. The van der Waals surface area contributed by atoms with Crippen molar-refractivity contribution in [3.05, 3.63) is 0 Å². The smallest absolute Gasteiger partial charge is 0.216 e. The molecule has 0 bridgehead atoms. The monoisotopic (exact) mass is 229 g/mol. The number of unbranched alkanes of at least 4 members (excludes halogenated alkanes) is 1. The van der Waals surface area contributed by atoms with Crippen molar-refractivity contribution in [3.8, 4) is 0 Å². The molecule has 0 heterocycles. The fraction of sp³-hybridized carbons (Fsp3) is 0.818. The van der Waals surface area contributed by atoms with Crippen molar-refractivity contribution in [2.45, 2.75) is 45.2 Å². The molecule has 2 atom stereocenters. The van der Waals surface area contributed by atoms with Gasteiger partial charge < -0.3 is 17.2 Å². The van der Waals surface area contributed by atoms with Gasteiger partial charge >= 0.3 is 0 Å². The van der Waals surface area contributed by atoms with Crippen molar-refractivity contribution in [2.24, 2.45) is 23.1 Å². The van der Waals surface area contributed by atoms with Crippen molar-refractivity contribution in [3.63, 3.8) is 0 Å². The van der Waals surface area contributed by atoms with Gasteiger partial charge in [-0.15, -0.1) is 0 Å². The van der Waals surface area contributed by atoms with Crippen LogP contribution >= 0.6 is 0 Å². The van der Waals surface area contributed by atoms with E-state index >= 15 is 0 Å². The minimum atomic E-state index is -0.743. The van der Waals surface area contributed by atoms with Gasteiger partial charge in [0.15, 0.2) is 0 Å². The number of carbonyl (C=O) groups excluding carboxylic acids is 2. The molecule has 0 aliphatic rings. The molecule has 0 unspecified atom stereocenters. The number of hydrogen-bond donors (Lipinski definition) is 3. The van der Waals surface area contributed by atoms with Gasteiger partial charge in [0.1, 0.15) is 0 Å². The van der Waals surface area contributed by atoms with Crippen LogP contribution in [0.5, 0.6) is 0 Å². The maximum atomic E-state index is 11.6. The Bertz CT molecular complexity index is 241. The number of carbonyl (C=O) groups is 2. The summed E-state index contributed by atoms with van der Waals surface area (Å²) in [5.41, 5.74) is 16.6. The Balaban J connectivity index is 4.16. The van der Waals surface area contributed by atoms with Gasteiger partial charge in [-0.25, -0.2) is 0 Å². The summed E-state index contributed by atoms with van der Waals surface area (Å²) < 4.78 is 0. The predicted octanol–water partition coefficient (Wildman–Crippen LogP) is -0.436. The van der Waals surface area contributed by atoms with E-state index in [1.54, 1.807) is 13.8 Å². The summed E-state index contributed by atoms with van der Waals surface area (Å²) in [6.07, 6.45) is 2.06. The normalized spacial score (nSPS) is 14.9. The summed E-state index contributed by atoms with van der Waals surface area (Å²) in [5, 5.41) is 0. The van der Waals surface area contributed by atoms with E-state index in [2.05, 4.69) is 0 Å². The molecule has 0 aromatic rings. The minimum absolute atomic E-state index is 0.0484. The molecule has 0 amide bonds. The lowest BCUT2D eigenvalue weighted by molar-refractivity contribution is -0.138. The van der Waals surface area contributed by atoms with Crippen molar-refractivity contribution in [1.82, 2.24) is 0 Å². The van der Waals surface area contributed by atoms with Gasteiger partial charge in [0.25, 0.3) is 0 Å².